The Labute approximate surface area is 221 Å². The number of carboxylic acid groups (broad SMARTS) is 4. The van der Waals surface area contributed by atoms with Crippen LogP contribution in [0.2, 0.25) is 0 Å². The van der Waals surface area contributed by atoms with Crippen LogP contribution < -0.4 is 0 Å². The molecular weight excluding hydrogens is 508 g/mol. The molecule has 16 heteroatoms. The Balaban J connectivity index is 3.11. The van der Waals surface area contributed by atoms with Gasteiger partial charge in [-0.2, -0.15) is 0 Å². The monoisotopic (exact) mass is 550 g/mol. The molecule has 0 bridgehead atoms. The number of aliphatic hydroxyl groups excluding tert-OH is 2. The van der Waals surface area contributed by atoms with Crippen molar-refractivity contribution in [3.63, 3.8) is 0 Å². The van der Waals surface area contributed by atoms with Crippen molar-refractivity contribution in [1.29, 1.82) is 0 Å². The molecule has 1 aliphatic heterocycles. The molecule has 1 saturated heterocycles. The minimum atomic E-state index is -1.07. The van der Waals surface area contributed by atoms with Crippen LogP contribution in [0.5, 0.6) is 0 Å². The molecule has 1 heterocycles. The topological polar surface area (TPSA) is 209 Å². The Morgan fingerprint density at radius 3 is 0.658 bits per heavy atom. The Morgan fingerprint density at radius 2 is 0.526 bits per heavy atom. The zero-order valence-corrected chi connectivity index (χ0v) is 21.7. The van der Waals surface area contributed by atoms with E-state index in [0.29, 0.717) is 39.3 Å². The number of hydrogen-bond donors (Lipinski definition) is 6. The highest BCUT2D eigenvalue weighted by atomic mass is 16.4. The molecule has 220 valence electrons. The van der Waals surface area contributed by atoms with Gasteiger partial charge in [0.25, 0.3) is 0 Å². The number of nitrogens with zero attached hydrogens (tertiary/aromatic N) is 6. The maximum absolute atomic E-state index is 11.4. The molecule has 0 spiro atoms. The van der Waals surface area contributed by atoms with E-state index >= 15 is 0 Å². The van der Waals surface area contributed by atoms with E-state index in [1.165, 1.54) is 0 Å². The summed E-state index contributed by atoms with van der Waals surface area (Å²) < 4.78 is 0. The van der Waals surface area contributed by atoms with Gasteiger partial charge in [0.15, 0.2) is 0 Å². The minimum absolute atomic E-state index is 0.209. The van der Waals surface area contributed by atoms with Crippen LogP contribution in [0.15, 0.2) is 0 Å². The first-order chi connectivity index (χ1) is 18.0. The molecular formula is C22H42N6O10. The van der Waals surface area contributed by atoms with Gasteiger partial charge in [-0.25, -0.2) is 0 Å². The first-order valence-corrected chi connectivity index (χ1v) is 12.4. The molecule has 0 aliphatic carbocycles. The van der Waals surface area contributed by atoms with E-state index in [2.05, 4.69) is 0 Å². The van der Waals surface area contributed by atoms with Crippen molar-refractivity contribution in [3.05, 3.63) is 0 Å². The highest BCUT2D eigenvalue weighted by Gasteiger charge is 2.20. The first-order valence-electron chi connectivity index (χ1n) is 12.4. The average molecular weight is 551 g/mol. The third-order valence-electron chi connectivity index (χ3n) is 6.23. The summed E-state index contributed by atoms with van der Waals surface area (Å²) in [6, 6.07) is 0. The van der Waals surface area contributed by atoms with Gasteiger partial charge in [0.05, 0.1) is 39.6 Å². The van der Waals surface area contributed by atoms with Crippen molar-refractivity contribution in [2.45, 2.75) is 0 Å². The van der Waals surface area contributed by atoms with Crippen LogP contribution >= 0.6 is 0 Å². The van der Waals surface area contributed by atoms with E-state index in [1.807, 2.05) is 0 Å². The van der Waals surface area contributed by atoms with Gasteiger partial charge in [0, 0.05) is 78.5 Å². The van der Waals surface area contributed by atoms with Crippen molar-refractivity contribution in [2.75, 3.05) is 118 Å². The molecule has 1 aliphatic rings. The molecule has 0 aromatic heterocycles. The van der Waals surface area contributed by atoms with Gasteiger partial charge in [0.1, 0.15) is 0 Å². The lowest BCUT2D eigenvalue weighted by Crippen LogP contribution is -2.48. The second kappa shape index (κ2) is 18.8. The predicted molar refractivity (Wildman–Crippen MR) is 134 cm³/mol. The van der Waals surface area contributed by atoms with E-state index in [9.17, 15) is 49.8 Å². The normalized spacial score (nSPS) is 20.5. The van der Waals surface area contributed by atoms with Gasteiger partial charge in [-0.15, -0.1) is 0 Å². The van der Waals surface area contributed by atoms with Crippen LogP contribution in [-0.2, 0) is 19.2 Å². The lowest BCUT2D eigenvalue weighted by atomic mass is 10.3. The molecule has 0 aromatic rings. The van der Waals surface area contributed by atoms with Gasteiger partial charge in [-0.3, -0.25) is 48.6 Å². The summed E-state index contributed by atoms with van der Waals surface area (Å²) >= 11 is 0. The number of carboxylic acids is 4. The van der Waals surface area contributed by atoms with Gasteiger partial charge in [0.2, 0.25) is 0 Å². The van der Waals surface area contributed by atoms with Crippen LogP contribution in [0.25, 0.3) is 0 Å². The molecule has 16 nitrogen and oxygen atoms in total. The standard InChI is InChI=1S/C22H42N6O10/c29-17-27-9-7-25(15-21(35)36)5-3-23(13-19(31)32)1-2-24(14-20(33)34)4-6-26(16-22(37)38)8-10-28(18-30)12-11-27/h29-30H,1-18H2,(H,31,32)(H,33,34)(H,35,36)(H,37,38). The Morgan fingerprint density at radius 1 is 0.368 bits per heavy atom. The third-order valence-corrected chi connectivity index (χ3v) is 6.23. The Hall–Kier alpha value is -2.44. The summed E-state index contributed by atoms with van der Waals surface area (Å²) in [7, 11) is 0. The molecule has 0 saturated carbocycles. The fourth-order valence-corrected chi connectivity index (χ4v) is 4.05. The van der Waals surface area contributed by atoms with Crippen LogP contribution in [0.4, 0.5) is 0 Å². The fraction of sp³-hybridized carbons (Fsp3) is 0.818. The molecule has 0 atom stereocenters. The zero-order chi connectivity index (χ0) is 28.5. The lowest BCUT2D eigenvalue weighted by Gasteiger charge is -2.32. The number of carbonyl (C=O) groups is 4. The molecule has 1 fully saturated rings. The van der Waals surface area contributed by atoms with Crippen LogP contribution in [-0.4, -0.2) is 202 Å². The molecule has 6 N–H and O–H groups in total. The summed E-state index contributed by atoms with van der Waals surface area (Å²) in [4.78, 5) is 55.5. The average Bonchev–Trinajstić information content (AvgIpc) is 2.83. The summed E-state index contributed by atoms with van der Waals surface area (Å²) in [5.74, 6) is -4.24. The van der Waals surface area contributed by atoms with Crippen molar-refractivity contribution in [1.82, 2.24) is 29.4 Å². The highest BCUT2D eigenvalue weighted by Crippen LogP contribution is 2.01. The third kappa shape index (κ3) is 15.7. The van der Waals surface area contributed by atoms with Crippen molar-refractivity contribution in [3.8, 4) is 0 Å². The SMILES string of the molecule is O=C(O)CN1CCN(CO)CCN(CO)CCN(CC(=O)O)CCN(CC(=O)O)CCN(CC(=O)O)CC1. The molecule has 38 heavy (non-hydrogen) atoms. The van der Waals surface area contributed by atoms with Gasteiger partial charge >= 0.3 is 23.9 Å². The van der Waals surface area contributed by atoms with E-state index in [1.54, 1.807) is 29.4 Å². The second-order valence-corrected chi connectivity index (χ2v) is 9.20. The van der Waals surface area contributed by atoms with E-state index in [-0.39, 0.29) is 78.9 Å². The number of aliphatic hydroxyl groups is 2. The highest BCUT2D eigenvalue weighted by molar-refractivity contribution is 5.70. The maximum Gasteiger partial charge on any atom is 0.317 e. The number of hydrogen-bond acceptors (Lipinski definition) is 12. The van der Waals surface area contributed by atoms with E-state index < -0.39 is 23.9 Å². The van der Waals surface area contributed by atoms with E-state index in [0.717, 1.165) is 0 Å². The van der Waals surface area contributed by atoms with Crippen LogP contribution in [0, 0.1) is 0 Å². The molecule has 0 unspecified atom stereocenters. The maximum atomic E-state index is 11.4. The summed E-state index contributed by atoms with van der Waals surface area (Å²) in [5.41, 5.74) is 0. The lowest BCUT2D eigenvalue weighted by molar-refractivity contribution is -0.141. The molecule has 0 aromatic carbocycles. The second-order valence-electron chi connectivity index (χ2n) is 9.20. The van der Waals surface area contributed by atoms with Crippen LogP contribution in [0.1, 0.15) is 0 Å². The molecule has 0 radical (unpaired) electrons. The quantitative estimate of drug-likeness (QED) is 0.153. The largest absolute Gasteiger partial charge is 0.480 e. The first kappa shape index (κ1) is 33.6. The number of aliphatic carboxylic acids is 4. The summed E-state index contributed by atoms with van der Waals surface area (Å²) in [5, 5.41) is 56.8. The van der Waals surface area contributed by atoms with Crippen molar-refractivity contribution in [2.24, 2.45) is 0 Å². The molecule has 0 amide bonds. The number of rotatable bonds is 10. The van der Waals surface area contributed by atoms with Crippen molar-refractivity contribution < 1.29 is 49.8 Å². The smallest absolute Gasteiger partial charge is 0.317 e. The van der Waals surface area contributed by atoms with Crippen LogP contribution in [0.3, 0.4) is 0 Å². The zero-order valence-electron chi connectivity index (χ0n) is 21.7. The predicted octanol–water partition coefficient (Wildman–Crippen LogP) is -3.95. The van der Waals surface area contributed by atoms with Gasteiger partial charge in [-0.05, 0) is 0 Å². The Kier molecular flexibility index (Phi) is 16.6. The van der Waals surface area contributed by atoms with E-state index in [4.69, 9.17) is 0 Å². The Bertz CT molecular complexity index is 685. The molecule has 1 rings (SSSR count). The summed E-state index contributed by atoms with van der Waals surface area (Å²) in [6.07, 6.45) is 0. The minimum Gasteiger partial charge on any atom is -0.480 e. The van der Waals surface area contributed by atoms with Crippen molar-refractivity contribution >= 4 is 23.9 Å². The van der Waals surface area contributed by atoms with Gasteiger partial charge < -0.3 is 30.6 Å². The summed E-state index contributed by atoms with van der Waals surface area (Å²) in [6.45, 7) is 1.62. The van der Waals surface area contributed by atoms with Gasteiger partial charge in [-0.1, -0.05) is 0 Å². The fourth-order valence-electron chi connectivity index (χ4n) is 4.05.